The van der Waals surface area contributed by atoms with Crippen molar-refractivity contribution in [1.82, 2.24) is 9.97 Å². The molecule has 88 valence electrons. The first-order valence-corrected chi connectivity index (χ1v) is 5.06. The van der Waals surface area contributed by atoms with Gasteiger partial charge in [-0.1, -0.05) is 12.1 Å². The number of hydrogen-bond acceptors (Lipinski definition) is 5. The molecule has 17 heavy (non-hydrogen) atoms. The van der Waals surface area contributed by atoms with Crippen molar-refractivity contribution in [1.29, 1.82) is 0 Å². The van der Waals surface area contributed by atoms with Gasteiger partial charge in [-0.2, -0.15) is 4.98 Å². The molecule has 0 saturated heterocycles. The van der Waals surface area contributed by atoms with E-state index in [9.17, 15) is 0 Å². The lowest BCUT2D eigenvalue weighted by Gasteiger charge is -2.08. The third-order valence-corrected chi connectivity index (χ3v) is 2.28. The number of rotatable bonds is 3. The van der Waals surface area contributed by atoms with E-state index in [1.807, 2.05) is 24.3 Å². The summed E-state index contributed by atoms with van der Waals surface area (Å²) in [5, 5.41) is 0. The fraction of sp³-hybridized carbons (Fsp3) is 0.167. The van der Waals surface area contributed by atoms with Gasteiger partial charge < -0.3 is 15.2 Å². The van der Waals surface area contributed by atoms with Crippen molar-refractivity contribution in [2.45, 2.75) is 0 Å². The Bertz CT molecular complexity index is 529. The average Bonchev–Trinajstić information content (AvgIpc) is 2.37. The van der Waals surface area contributed by atoms with E-state index in [-0.39, 0.29) is 0 Å². The van der Waals surface area contributed by atoms with Crippen LogP contribution in [0.3, 0.4) is 0 Å². The van der Waals surface area contributed by atoms with E-state index in [1.54, 1.807) is 13.2 Å². The average molecular weight is 231 g/mol. The van der Waals surface area contributed by atoms with Gasteiger partial charge >= 0.3 is 0 Å². The minimum atomic E-state index is 0.359. The van der Waals surface area contributed by atoms with Gasteiger partial charge in [0.2, 0.25) is 5.88 Å². The monoisotopic (exact) mass is 231 g/mol. The summed E-state index contributed by atoms with van der Waals surface area (Å²) >= 11 is 0. The molecule has 5 nitrogen and oxygen atoms in total. The molecule has 0 saturated carbocycles. The zero-order valence-electron chi connectivity index (χ0n) is 9.68. The number of hydrogen-bond donors (Lipinski definition) is 1. The second kappa shape index (κ2) is 4.69. The Hall–Kier alpha value is -2.30. The van der Waals surface area contributed by atoms with Gasteiger partial charge in [-0.3, -0.25) is 0 Å². The smallest absolute Gasteiger partial charge is 0.218 e. The summed E-state index contributed by atoms with van der Waals surface area (Å²) < 4.78 is 10.3. The van der Waals surface area contributed by atoms with Gasteiger partial charge in [0.05, 0.1) is 19.8 Å². The third kappa shape index (κ3) is 2.28. The number of benzene rings is 1. The SMILES string of the molecule is COc1cc(N)nc(-c2ccccc2OC)n1. The second-order valence-electron chi connectivity index (χ2n) is 3.36. The van der Waals surface area contributed by atoms with Crippen molar-refractivity contribution in [3.8, 4) is 23.0 Å². The Morgan fingerprint density at radius 3 is 2.53 bits per heavy atom. The van der Waals surface area contributed by atoms with Crippen molar-refractivity contribution >= 4 is 5.82 Å². The maximum atomic E-state index is 5.69. The largest absolute Gasteiger partial charge is 0.496 e. The highest BCUT2D eigenvalue weighted by Gasteiger charge is 2.10. The van der Waals surface area contributed by atoms with Crippen LogP contribution in [0.15, 0.2) is 30.3 Å². The number of aromatic nitrogens is 2. The molecule has 1 aromatic carbocycles. The molecule has 2 aromatic rings. The maximum absolute atomic E-state index is 5.69. The van der Waals surface area contributed by atoms with Crippen molar-refractivity contribution in [3.63, 3.8) is 0 Å². The van der Waals surface area contributed by atoms with Crippen molar-refractivity contribution < 1.29 is 9.47 Å². The molecule has 0 radical (unpaired) electrons. The standard InChI is InChI=1S/C12H13N3O2/c1-16-9-6-4-3-5-8(9)12-14-10(13)7-11(15-12)17-2/h3-7H,1-2H3,(H2,13,14,15). The van der Waals surface area contributed by atoms with Crippen LogP contribution in [-0.2, 0) is 0 Å². The van der Waals surface area contributed by atoms with Crippen LogP contribution in [-0.4, -0.2) is 24.2 Å². The number of methoxy groups -OCH3 is 2. The fourth-order valence-electron chi connectivity index (χ4n) is 1.50. The minimum absolute atomic E-state index is 0.359. The molecule has 1 heterocycles. The van der Waals surface area contributed by atoms with Crippen molar-refractivity contribution in [3.05, 3.63) is 30.3 Å². The van der Waals surface area contributed by atoms with Gasteiger partial charge in [-0.25, -0.2) is 4.98 Å². The van der Waals surface area contributed by atoms with Crippen LogP contribution in [0.25, 0.3) is 11.4 Å². The number of nitrogens with two attached hydrogens (primary N) is 1. The Morgan fingerprint density at radius 2 is 1.82 bits per heavy atom. The van der Waals surface area contributed by atoms with Gasteiger partial charge in [-0.15, -0.1) is 0 Å². The maximum Gasteiger partial charge on any atom is 0.218 e. The van der Waals surface area contributed by atoms with Gasteiger partial charge in [-0.05, 0) is 12.1 Å². The highest BCUT2D eigenvalue weighted by Crippen LogP contribution is 2.28. The molecule has 0 aliphatic carbocycles. The second-order valence-corrected chi connectivity index (χ2v) is 3.36. The van der Waals surface area contributed by atoms with E-state index in [0.717, 1.165) is 5.56 Å². The molecule has 0 aliphatic heterocycles. The van der Waals surface area contributed by atoms with Crippen LogP contribution in [0.4, 0.5) is 5.82 Å². The molecule has 0 amide bonds. The lowest BCUT2D eigenvalue weighted by Crippen LogP contribution is -1.99. The lowest BCUT2D eigenvalue weighted by molar-refractivity contribution is 0.397. The summed E-state index contributed by atoms with van der Waals surface area (Å²) in [7, 11) is 3.14. The number of ether oxygens (including phenoxy) is 2. The lowest BCUT2D eigenvalue weighted by atomic mass is 10.2. The van der Waals surface area contributed by atoms with E-state index in [0.29, 0.717) is 23.3 Å². The van der Waals surface area contributed by atoms with E-state index in [1.165, 1.54) is 7.11 Å². The molecule has 0 bridgehead atoms. The number of para-hydroxylation sites is 1. The highest BCUT2D eigenvalue weighted by molar-refractivity contribution is 5.65. The van der Waals surface area contributed by atoms with Crippen LogP contribution in [0, 0.1) is 0 Å². The Kier molecular flexibility index (Phi) is 3.09. The highest BCUT2D eigenvalue weighted by atomic mass is 16.5. The minimum Gasteiger partial charge on any atom is -0.496 e. The quantitative estimate of drug-likeness (QED) is 0.871. The predicted octanol–water partition coefficient (Wildman–Crippen LogP) is 1.74. The van der Waals surface area contributed by atoms with Gasteiger partial charge in [0.1, 0.15) is 11.6 Å². The Labute approximate surface area is 99.2 Å². The zero-order chi connectivity index (χ0) is 12.3. The van der Waals surface area contributed by atoms with Crippen LogP contribution in [0.1, 0.15) is 0 Å². The van der Waals surface area contributed by atoms with E-state index >= 15 is 0 Å². The molecule has 0 fully saturated rings. The normalized spacial score (nSPS) is 10.0. The number of nitrogen functional groups attached to an aromatic ring is 1. The molecule has 2 N–H and O–H groups in total. The molecule has 0 atom stereocenters. The summed E-state index contributed by atoms with van der Waals surface area (Å²) in [4.78, 5) is 8.40. The topological polar surface area (TPSA) is 70.3 Å². The zero-order valence-corrected chi connectivity index (χ0v) is 9.68. The molecule has 0 spiro atoms. The fourth-order valence-corrected chi connectivity index (χ4v) is 1.50. The van der Waals surface area contributed by atoms with Gasteiger partial charge in [0, 0.05) is 6.07 Å². The van der Waals surface area contributed by atoms with Gasteiger partial charge in [0.25, 0.3) is 0 Å². The molecule has 1 aromatic heterocycles. The van der Waals surface area contributed by atoms with Gasteiger partial charge in [0.15, 0.2) is 5.82 Å². The summed E-state index contributed by atoms with van der Waals surface area (Å²) in [6, 6.07) is 9.04. The third-order valence-electron chi connectivity index (χ3n) is 2.28. The Morgan fingerprint density at radius 1 is 1.06 bits per heavy atom. The van der Waals surface area contributed by atoms with Crippen LogP contribution in [0.2, 0.25) is 0 Å². The first-order chi connectivity index (χ1) is 8.24. The molecule has 0 aliphatic rings. The summed E-state index contributed by atoms with van der Waals surface area (Å²) in [5.41, 5.74) is 6.47. The first-order valence-electron chi connectivity index (χ1n) is 5.06. The molecule has 2 rings (SSSR count). The van der Waals surface area contributed by atoms with Crippen LogP contribution < -0.4 is 15.2 Å². The van der Waals surface area contributed by atoms with E-state index in [2.05, 4.69) is 9.97 Å². The van der Waals surface area contributed by atoms with E-state index in [4.69, 9.17) is 15.2 Å². The van der Waals surface area contributed by atoms with Crippen molar-refractivity contribution in [2.24, 2.45) is 0 Å². The Balaban J connectivity index is 2.55. The van der Waals surface area contributed by atoms with Crippen LogP contribution in [0.5, 0.6) is 11.6 Å². The summed E-state index contributed by atoms with van der Waals surface area (Å²) in [6.07, 6.45) is 0. The summed E-state index contributed by atoms with van der Waals surface area (Å²) in [6.45, 7) is 0. The number of nitrogens with zero attached hydrogens (tertiary/aromatic N) is 2. The molecular formula is C12H13N3O2. The summed E-state index contributed by atoms with van der Waals surface area (Å²) in [5.74, 6) is 1.97. The predicted molar refractivity (Wildman–Crippen MR) is 65.0 cm³/mol. The number of anilines is 1. The van der Waals surface area contributed by atoms with Crippen molar-refractivity contribution in [2.75, 3.05) is 20.0 Å². The molecule has 5 heteroatoms. The van der Waals surface area contributed by atoms with E-state index < -0.39 is 0 Å². The first kappa shape index (κ1) is 11.2. The van der Waals surface area contributed by atoms with Crippen LogP contribution >= 0.6 is 0 Å². The molecule has 0 unspecified atom stereocenters. The molecular weight excluding hydrogens is 218 g/mol.